The Bertz CT molecular complexity index is 552. The first-order valence-corrected chi connectivity index (χ1v) is 7.48. The van der Waals surface area contributed by atoms with Gasteiger partial charge in [0.2, 0.25) is 0 Å². The van der Waals surface area contributed by atoms with Gasteiger partial charge in [0.15, 0.2) is 22.1 Å². The van der Waals surface area contributed by atoms with Crippen LogP contribution >= 0.6 is 11.8 Å². The lowest BCUT2D eigenvalue weighted by Gasteiger charge is -2.21. The van der Waals surface area contributed by atoms with Gasteiger partial charge in [-0.2, -0.15) is 0 Å². The van der Waals surface area contributed by atoms with Gasteiger partial charge in [0.25, 0.3) is 0 Å². The standard InChI is InChI=1S/C12H17N5OS/c13-10-9-11(15-7-14-10)17-12(16-9)19-6-3-8-1-4-18-5-2-8/h7-8H,1-6H2,(H3,13,14,15,16,17). The van der Waals surface area contributed by atoms with Crippen LogP contribution < -0.4 is 5.73 Å². The molecular weight excluding hydrogens is 262 g/mol. The summed E-state index contributed by atoms with van der Waals surface area (Å²) in [6.07, 6.45) is 5.01. The summed E-state index contributed by atoms with van der Waals surface area (Å²) in [4.78, 5) is 15.7. The van der Waals surface area contributed by atoms with E-state index in [9.17, 15) is 0 Å². The number of hydrogen-bond acceptors (Lipinski definition) is 6. The molecule has 0 saturated carbocycles. The van der Waals surface area contributed by atoms with Gasteiger partial charge in [-0.3, -0.25) is 0 Å². The fourth-order valence-corrected chi connectivity index (χ4v) is 3.22. The molecule has 1 saturated heterocycles. The molecule has 3 N–H and O–H groups in total. The Labute approximate surface area is 115 Å². The molecule has 1 aliphatic heterocycles. The number of ether oxygens (including phenoxy) is 1. The summed E-state index contributed by atoms with van der Waals surface area (Å²) in [6, 6.07) is 0. The molecule has 0 aromatic carbocycles. The van der Waals surface area contributed by atoms with Crippen molar-refractivity contribution in [2.75, 3.05) is 24.7 Å². The molecule has 0 atom stereocenters. The molecule has 7 heteroatoms. The van der Waals surface area contributed by atoms with E-state index >= 15 is 0 Å². The van der Waals surface area contributed by atoms with Gasteiger partial charge >= 0.3 is 0 Å². The molecule has 0 bridgehead atoms. The minimum Gasteiger partial charge on any atom is -0.382 e. The normalized spacial score (nSPS) is 17.1. The maximum absolute atomic E-state index is 5.76. The molecule has 0 spiro atoms. The molecule has 19 heavy (non-hydrogen) atoms. The number of imidazole rings is 1. The molecule has 3 heterocycles. The molecule has 0 radical (unpaired) electrons. The van der Waals surface area contributed by atoms with Crippen LogP contribution in [0.3, 0.4) is 0 Å². The predicted octanol–water partition coefficient (Wildman–Crippen LogP) is 1.84. The van der Waals surface area contributed by atoms with E-state index in [1.54, 1.807) is 11.8 Å². The van der Waals surface area contributed by atoms with Crippen molar-refractivity contribution in [2.24, 2.45) is 5.92 Å². The maximum atomic E-state index is 5.76. The Morgan fingerprint density at radius 3 is 3.00 bits per heavy atom. The van der Waals surface area contributed by atoms with E-state index in [1.165, 1.54) is 25.6 Å². The molecular formula is C12H17N5OS. The van der Waals surface area contributed by atoms with Crippen molar-refractivity contribution in [3.05, 3.63) is 6.33 Å². The maximum Gasteiger partial charge on any atom is 0.167 e. The van der Waals surface area contributed by atoms with Crippen molar-refractivity contribution >= 4 is 28.7 Å². The summed E-state index contributed by atoms with van der Waals surface area (Å²) >= 11 is 1.72. The predicted molar refractivity (Wildman–Crippen MR) is 75.0 cm³/mol. The van der Waals surface area contributed by atoms with Gasteiger partial charge in [0, 0.05) is 19.0 Å². The lowest BCUT2D eigenvalue weighted by molar-refractivity contribution is 0.0657. The number of aromatic amines is 1. The van der Waals surface area contributed by atoms with E-state index in [-0.39, 0.29) is 0 Å². The van der Waals surface area contributed by atoms with Crippen molar-refractivity contribution in [2.45, 2.75) is 24.4 Å². The highest BCUT2D eigenvalue weighted by molar-refractivity contribution is 7.99. The molecule has 1 aliphatic rings. The van der Waals surface area contributed by atoms with Crippen LogP contribution in [0.1, 0.15) is 19.3 Å². The molecule has 3 rings (SSSR count). The molecule has 102 valence electrons. The largest absolute Gasteiger partial charge is 0.382 e. The lowest BCUT2D eigenvalue weighted by atomic mass is 9.98. The second-order valence-electron chi connectivity index (χ2n) is 4.69. The molecule has 0 aliphatic carbocycles. The van der Waals surface area contributed by atoms with E-state index in [1.807, 2.05) is 0 Å². The number of nitrogens with zero attached hydrogens (tertiary/aromatic N) is 3. The van der Waals surface area contributed by atoms with E-state index in [0.717, 1.165) is 30.0 Å². The third kappa shape index (κ3) is 2.98. The average Bonchev–Trinajstić information content (AvgIpc) is 2.84. The quantitative estimate of drug-likeness (QED) is 0.830. The summed E-state index contributed by atoms with van der Waals surface area (Å²) < 4.78 is 5.36. The Morgan fingerprint density at radius 2 is 2.21 bits per heavy atom. The van der Waals surface area contributed by atoms with E-state index < -0.39 is 0 Å². The van der Waals surface area contributed by atoms with Crippen molar-refractivity contribution < 1.29 is 4.74 Å². The summed E-state index contributed by atoms with van der Waals surface area (Å²) in [5.74, 6) is 2.27. The second-order valence-corrected chi connectivity index (χ2v) is 5.77. The zero-order valence-corrected chi connectivity index (χ0v) is 11.4. The number of nitrogens with two attached hydrogens (primary N) is 1. The molecule has 1 fully saturated rings. The number of anilines is 1. The first-order valence-electron chi connectivity index (χ1n) is 6.49. The van der Waals surface area contributed by atoms with Crippen LogP contribution in [0.5, 0.6) is 0 Å². The van der Waals surface area contributed by atoms with Gasteiger partial charge in [-0.25, -0.2) is 15.0 Å². The zero-order valence-electron chi connectivity index (χ0n) is 10.6. The van der Waals surface area contributed by atoms with Crippen molar-refractivity contribution in [1.29, 1.82) is 0 Å². The van der Waals surface area contributed by atoms with Crippen LogP contribution in [0.25, 0.3) is 11.2 Å². The number of aromatic nitrogens is 4. The van der Waals surface area contributed by atoms with Crippen molar-refractivity contribution in [3.63, 3.8) is 0 Å². The second kappa shape index (κ2) is 5.75. The van der Waals surface area contributed by atoms with Gasteiger partial charge in [0.1, 0.15) is 6.33 Å². The van der Waals surface area contributed by atoms with Gasteiger partial charge in [-0.1, -0.05) is 11.8 Å². The number of fused-ring (bicyclic) bond motifs is 1. The first-order chi connectivity index (χ1) is 9.33. The Kier molecular flexibility index (Phi) is 3.84. The monoisotopic (exact) mass is 279 g/mol. The number of hydrogen-bond donors (Lipinski definition) is 2. The topological polar surface area (TPSA) is 89.7 Å². The summed E-state index contributed by atoms with van der Waals surface area (Å²) in [5, 5.41) is 0.870. The number of nitrogen functional groups attached to an aromatic ring is 1. The Morgan fingerprint density at radius 1 is 1.37 bits per heavy atom. The molecule has 6 nitrogen and oxygen atoms in total. The van der Waals surface area contributed by atoms with Crippen molar-refractivity contribution in [1.82, 2.24) is 19.9 Å². The Hall–Kier alpha value is -1.34. The first kappa shape index (κ1) is 12.7. The summed E-state index contributed by atoms with van der Waals surface area (Å²) in [7, 11) is 0. The van der Waals surface area contributed by atoms with Crippen LogP contribution in [0, 0.1) is 5.92 Å². The fraction of sp³-hybridized carbons (Fsp3) is 0.583. The number of H-pyrrole nitrogens is 1. The van der Waals surface area contributed by atoms with Gasteiger partial charge in [-0.15, -0.1) is 0 Å². The lowest BCUT2D eigenvalue weighted by Crippen LogP contribution is -2.16. The van der Waals surface area contributed by atoms with Gasteiger partial charge in [0.05, 0.1) is 0 Å². The van der Waals surface area contributed by atoms with E-state index in [0.29, 0.717) is 17.0 Å². The van der Waals surface area contributed by atoms with Crippen LogP contribution in [-0.4, -0.2) is 38.9 Å². The highest BCUT2D eigenvalue weighted by atomic mass is 32.2. The molecule has 0 unspecified atom stereocenters. The van der Waals surface area contributed by atoms with Gasteiger partial charge in [-0.05, 0) is 25.2 Å². The Balaban J connectivity index is 1.57. The number of rotatable bonds is 4. The van der Waals surface area contributed by atoms with E-state index in [2.05, 4.69) is 19.9 Å². The van der Waals surface area contributed by atoms with Crippen molar-refractivity contribution in [3.8, 4) is 0 Å². The average molecular weight is 279 g/mol. The fourth-order valence-electron chi connectivity index (χ4n) is 2.25. The SMILES string of the molecule is Nc1ncnc2[nH]c(SCCC3CCOCC3)nc12. The van der Waals surface area contributed by atoms with Crippen LogP contribution in [0.2, 0.25) is 0 Å². The number of thioether (sulfide) groups is 1. The number of nitrogens with one attached hydrogen (secondary N) is 1. The molecule has 0 amide bonds. The zero-order chi connectivity index (χ0) is 13.1. The summed E-state index contributed by atoms with van der Waals surface area (Å²) in [5.41, 5.74) is 7.13. The smallest absolute Gasteiger partial charge is 0.167 e. The van der Waals surface area contributed by atoms with Gasteiger partial charge < -0.3 is 15.5 Å². The third-order valence-corrected chi connectivity index (χ3v) is 4.30. The minimum absolute atomic E-state index is 0.428. The summed E-state index contributed by atoms with van der Waals surface area (Å²) in [6.45, 7) is 1.82. The minimum atomic E-state index is 0.428. The van der Waals surface area contributed by atoms with Crippen LogP contribution in [0.15, 0.2) is 11.5 Å². The van der Waals surface area contributed by atoms with Crippen LogP contribution in [0.4, 0.5) is 5.82 Å². The van der Waals surface area contributed by atoms with E-state index in [4.69, 9.17) is 10.5 Å². The third-order valence-electron chi connectivity index (χ3n) is 3.40. The highest BCUT2D eigenvalue weighted by Crippen LogP contribution is 2.25. The van der Waals surface area contributed by atoms with Crippen LogP contribution in [-0.2, 0) is 4.74 Å². The molecule has 2 aromatic rings. The molecule has 2 aromatic heterocycles. The highest BCUT2D eigenvalue weighted by Gasteiger charge is 2.14.